The third kappa shape index (κ3) is 2.28. The van der Waals surface area contributed by atoms with E-state index in [2.05, 4.69) is 9.97 Å². The van der Waals surface area contributed by atoms with Crippen LogP contribution in [0.15, 0.2) is 64.8 Å². The predicted molar refractivity (Wildman–Crippen MR) is 74.5 cm³/mol. The average molecular weight is 253 g/mol. The van der Waals surface area contributed by atoms with Crippen molar-refractivity contribution in [2.45, 2.75) is 10.1 Å². The summed E-state index contributed by atoms with van der Waals surface area (Å²) in [6.45, 7) is 0. The molecule has 0 unspecified atom stereocenters. The molecule has 2 N–H and O–H groups in total. The van der Waals surface area contributed by atoms with Gasteiger partial charge in [-0.25, -0.2) is 9.97 Å². The van der Waals surface area contributed by atoms with Crippen LogP contribution in [-0.2, 0) is 0 Å². The molecule has 18 heavy (non-hydrogen) atoms. The van der Waals surface area contributed by atoms with Crippen LogP contribution in [0.2, 0.25) is 0 Å². The highest BCUT2D eigenvalue weighted by atomic mass is 32.2. The molecule has 3 rings (SSSR count). The van der Waals surface area contributed by atoms with Gasteiger partial charge in [0, 0.05) is 22.2 Å². The minimum Gasteiger partial charge on any atom is -0.399 e. The van der Waals surface area contributed by atoms with Gasteiger partial charge in [0.05, 0.1) is 5.52 Å². The van der Waals surface area contributed by atoms with Gasteiger partial charge in [0.15, 0.2) is 5.16 Å². The van der Waals surface area contributed by atoms with Crippen LogP contribution in [0.5, 0.6) is 0 Å². The summed E-state index contributed by atoms with van der Waals surface area (Å²) in [5.41, 5.74) is 7.38. The number of hydrogen-bond donors (Lipinski definition) is 1. The van der Waals surface area contributed by atoms with Crippen molar-refractivity contribution < 1.29 is 0 Å². The zero-order valence-corrected chi connectivity index (χ0v) is 10.4. The minimum absolute atomic E-state index is 0.749. The molecule has 0 aliphatic carbocycles. The molecule has 0 amide bonds. The van der Waals surface area contributed by atoms with Crippen molar-refractivity contribution in [1.82, 2.24) is 9.97 Å². The first-order valence-electron chi connectivity index (χ1n) is 5.56. The van der Waals surface area contributed by atoms with E-state index in [4.69, 9.17) is 5.73 Å². The Labute approximate surface area is 109 Å². The van der Waals surface area contributed by atoms with Gasteiger partial charge in [0.1, 0.15) is 0 Å². The van der Waals surface area contributed by atoms with Crippen molar-refractivity contribution >= 4 is 28.4 Å². The molecular weight excluding hydrogens is 242 g/mol. The number of nitrogen functional groups attached to an aromatic ring is 1. The first kappa shape index (κ1) is 11.0. The van der Waals surface area contributed by atoms with Crippen LogP contribution in [-0.4, -0.2) is 9.97 Å². The summed E-state index contributed by atoms with van der Waals surface area (Å²) >= 11 is 1.53. The van der Waals surface area contributed by atoms with Gasteiger partial charge in [0.25, 0.3) is 0 Å². The summed E-state index contributed by atoms with van der Waals surface area (Å²) in [5, 5.41) is 1.80. The number of anilines is 1. The highest BCUT2D eigenvalue weighted by Gasteiger charge is 2.02. The van der Waals surface area contributed by atoms with E-state index in [0.717, 1.165) is 26.6 Å². The summed E-state index contributed by atoms with van der Waals surface area (Å²) < 4.78 is 0. The Morgan fingerprint density at radius 3 is 2.56 bits per heavy atom. The van der Waals surface area contributed by atoms with Crippen molar-refractivity contribution in [2.75, 3.05) is 5.73 Å². The Kier molecular flexibility index (Phi) is 2.86. The molecule has 0 bridgehead atoms. The SMILES string of the molecule is Nc1ccc(Sc2ncc3ccccc3n2)cc1. The van der Waals surface area contributed by atoms with Crippen molar-refractivity contribution in [3.63, 3.8) is 0 Å². The minimum atomic E-state index is 0.749. The third-order valence-corrected chi connectivity index (χ3v) is 3.44. The summed E-state index contributed by atoms with van der Waals surface area (Å²) in [4.78, 5) is 9.94. The number of nitrogens with two attached hydrogens (primary N) is 1. The zero-order chi connectivity index (χ0) is 12.4. The van der Waals surface area contributed by atoms with E-state index in [0.29, 0.717) is 0 Å². The molecule has 4 heteroatoms. The summed E-state index contributed by atoms with van der Waals surface area (Å²) in [6.07, 6.45) is 1.85. The number of nitrogens with zero attached hydrogens (tertiary/aromatic N) is 2. The number of para-hydroxylation sites is 1. The predicted octanol–water partition coefficient (Wildman–Crippen LogP) is 3.36. The molecule has 0 aliphatic rings. The largest absolute Gasteiger partial charge is 0.399 e. The molecule has 1 heterocycles. The van der Waals surface area contributed by atoms with Crippen LogP contribution in [0.1, 0.15) is 0 Å². The zero-order valence-electron chi connectivity index (χ0n) is 9.58. The molecular formula is C14H11N3S. The second kappa shape index (κ2) is 4.66. The Morgan fingerprint density at radius 1 is 0.944 bits per heavy atom. The molecule has 0 saturated carbocycles. The lowest BCUT2D eigenvalue weighted by molar-refractivity contribution is 1.00. The van der Waals surface area contributed by atoms with Crippen molar-refractivity contribution in [1.29, 1.82) is 0 Å². The number of hydrogen-bond acceptors (Lipinski definition) is 4. The van der Waals surface area contributed by atoms with Gasteiger partial charge in [-0.3, -0.25) is 0 Å². The van der Waals surface area contributed by atoms with E-state index >= 15 is 0 Å². The van der Waals surface area contributed by atoms with Gasteiger partial charge in [0.2, 0.25) is 0 Å². The van der Waals surface area contributed by atoms with Crippen LogP contribution >= 0.6 is 11.8 Å². The highest BCUT2D eigenvalue weighted by Crippen LogP contribution is 2.26. The van der Waals surface area contributed by atoms with Gasteiger partial charge in [-0.1, -0.05) is 18.2 Å². The highest BCUT2D eigenvalue weighted by molar-refractivity contribution is 7.99. The number of fused-ring (bicyclic) bond motifs is 1. The van der Waals surface area contributed by atoms with Gasteiger partial charge in [-0.2, -0.15) is 0 Å². The average Bonchev–Trinajstić information content (AvgIpc) is 2.41. The smallest absolute Gasteiger partial charge is 0.192 e. The lowest BCUT2D eigenvalue weighted by Crippen LogP contribution is -1.87. The van der Waals surface area contributed by atoms with E-state index in [1.165, 1.54) is 11.8 Å². The fourth-order valence-electron chi connectivity index (χ4n) is 1.65. The molecule has 0 fully saturated rings. The van der Waals surface area contributed by atoms with E-state index in [9.17, 15) is 0 Å². The lowest BCUT2D eigenvalue weighted by atomic mass is 10.2. The molecule has 88 valence electrons. The summed E-state index contributed by atoms with van der Waals surface area (Å²) in [5.74, 6) is 0. The van der Waals surface area contributed by atoms with Crippen LogP contribution in [0.3, 0.4) is 0 Å². The van der Waals surface area contributed by atoms with Crippen molar-refractivity contribution in [3.05, 3.63) is 54.7 Å². The molecule has 0 radical (unpaired) electrons. The van der Waals surface area contributed by atoms with Crippen LogP contribution in [0, 0.1) is 0 Å². The second-order valence-electron chi connectivity index (χ2n) is 3.88. The Morgan fingerprint density at radius 2 is 1.72 bits per heavy atom. The maximum Gasteiger partial charge on any atom is 0.192 e. The van der Waals surface area contributed by atoms with E-state index in [1.807, 2.05) is 54.7 Å². The van der Waals surface area contributed by atoms with Crippen LogP contribution < -0.4 is 5.73 Å². The standard InChI is InChI=1S/C14H11N3S/c15-11-5-7-12(8-6-11)18-14-16-9-10-3-1-2-4-13(10)17-14/h1-9H,15H2. The maximum atomic E-state index is 5.65. The molecule has 0 atom stereocenters. The summed E-state index contributed by atoms with van der Waals surface area (Å²) in [6, 6.07) is 15.7. The van der Waals surface area contributed by atoms with E-state index in [1.54, 1.807) is 0 Å². The molecule has 1 aromatic heterocycles. The molecule has 0 aliphatic heterocycles. The second-order valence-corrected chi connectivity index (χ2v) is 4.92. The summed E-state index contributed by atoms with van der Waals surface area (Å²) in [7, 11) is 0. The molecule has 0 spiro atoms. The van der Waals surface area contributed by atoms with Crippen molar-refractivity contribution in [2.24, 2.45) is 0 Å². The Hall–Kier alpha value is -2.07. The van der Waals surface area contributed by atoms with Gasteiger partial charge in [-0.05, 0) is 42.1 Å². The molecule has 2 aromatic carbocycles. The normalized spacial score (nSPS) is 10.7. The Bertz CT molecular complexity index is 680. The fraction of sp³-hybridized carbons (Fsp3) is 0. The fourth-order valence-corrected chi connectivity index (χ4v) is 2.38. The Balaban J connectivity index is 1.92. The molecule has 3 nitrogen and oxygen atoms in total. The number of rotatable bonds is 2. The first-order chi connectivity index (χ1) is 8.81. The lowest BCUT2D eigenvalue weighted by Gasteiger charge is -2.02. The van der Waals surface area contributed by atoms with Crippen LogP contribution in [0.25, 0.3) is 10.9 Å². The molecule has 3 aromatic rings. The van der Waals surface area contributed by atoms with Gasteiger partial charge >= 0.3 is 0 Å². The van der Waals surface area contributed by atoms with Gasteiger partial charge in [-0.15, -0.1) is 0 Å². The maximum absolute atomic E-state index is 5.65. The van der Waals surface area contributed by atoms with E-state index in [-0.39, 0.29) is 0 Å². The first-order valence-corrected chi connectivity index (χ1v) is 6.38. The number of benzene rings is 2. The monoisotopic (exact) mass is 253 g/mol. The third-order valence-electron chi connectivity index (χ3n) is 2.56. The van der Waals surface area contributed by atoms with Crippen LogP contribution in [0.4, 0.5) is 5.69 Å². The topological polar surface area (TPSA) is 51.8 Å². The number of aromatic nitrogens is 2. The van der Waals surface area contributed by atoms with Crippen molar-refractivity contribution in [3.8, 4) is 0 Å². The quantitative estimate of drug-likeness (QED) is 0.562. The van der Waals surface area contributed by atoms with E-state index < -0.39 is 0 Å². The molecule has 0 saturated heterocycles. The van der Waals surface area contributed by atoms with Gasteiger partial charge < -0.3 is 5.73 Å².